The number of aromatic nitrogens is 5. The maximum Gasteiger partial charge on any atom is 0.433 e. The molecule has 1 N–H and O–H groups in total. The Morgan fingerprint density at radius 1 is 1.19 bits per heavy atom. The summed E-state index contributed by atoms with van der Waals surface area (Å²) in [7, 11) is 0. The highest BCUT2D eigenvalue weighted by Gasteiger charge is 2.36. The van der Waals surface area contributed by atoms with Crippen molar-refractivity contribution in [1.29, 1.82) is 0 Å². The lowest BCUT2D eigenvalue weighted by atomic mass is 10.1. The molecule has 0 radical (unpaired) electrons. The van der Waals surface area contributed by atoms with Crippen molar-refractivity contribution in [1.82, 2.24) is 24.4 Å². The molecule has 0 spiro atoms. The SMILES string of the molecule is Cc1ccc(Cn2cc(Br)c(NC(=O)c3nn4c(C(F)(F)F)cc(C)nc4c3Cl)n2)cc1. The molecule has 3 aromatic heterocycles. The molecule has 1 amide bonds. The molecule has 32 heavy (non-hydrogen) atoms. The molecule has 0 fully saturated rings. The second kappa shape index (κ2) is 8.21. The third-order valence-electron chi connectivity index (χ3n) is 4.58. The van der Waals surface area contributed by atoms with Crippen molar-refractivity contribution in [2.45, 2.75) is 26.6 Å². The highest BCUT2D eigenvalue weighted by Crippen LogP contribution is 2.32. The predicted octanol–water partition coefficient (Wildman–Crippen LogP) is 5.28. The summed E-state index contributed by atoms with van der Waals surface area (Å²) in [4.78, 5) is 16.8. The number of halogens is 5. The number of carbonyl (C=O) groups is 1. The van der Waals surface area contributed by atoms with E-state index >= 15 is 0 Å². The maximum absolute atomic E-state index is 13.4. The van der Waals surface area contributed by atoms with Crippen molar-refractivity contribution in [2.75, 3.05) is 5.32 Å². The van der Waals surface area contributed by atoms with Crippen LogP contribution in [0.3, 0.4) is 0 Å². The van der Waals surface area contributed by atoms with Gasteiger partial charge in [0.15, 0.2) is 17.2 Å². The Hall–Kier alpha value is -2.92. The molecule has 7 nitrogen and oxygen atoms in total. The Morgan fingerprint density at radius 2 is 1.88 bits per heavy atom. The van der Waals surface area contributed by atoms with Gasteiger partial charge in [0.05, 0.1) is 11.0 Å². The first kappa shape index (κ1) is 22.3. The highest BCUT2D eigenvalue weighted by molar-refractivity contribution is 9.10. The molecule has 166 valence electrons. The van der Waals surface area contributed by atoms with Crippen LogP contribution in [-0.2, 0) is 12.7 Å². The summed E-state index contributed by atoms with van der Waals surface area (Å²) in [5.41, 5.74) is 0.503. The number of hydrogen-bond acceptors (Lipinski definition) is 4. The lowest BCUT2D eigenvalue weighted by Gasteiger charge is -2.09. The van der Waals surface area contributed by atoms with E-state index in [0.29, 0.717) is 15.5 Å². The lowest BCUT2D eigenvalue weighted by Crippen LogP contribution is -2.16. The quantitative estimate of drug-likeness (QED) is 0.392. The first-order valence-electron chi connectivity index (χ1n) is 9.26. The van der Waals surface area contributed by atoms with Crippen LogP contribution in [0.25, 0.3) is 5.65 Å². The second-order valence-electron chi connectivity index (χ2n) is 7.14. The average molecular weight is 528 g/mol. The molecule has 0 unspecified atom stereocenters. The van der Waals surface area contributed by atoms with Crippen LogP contribution in [0.2, 0.25) is 5.02 Å². The summed E-state index contributed by atoms with van der Waals surface area (Å²) < 4.78 is 42.8. The Morgan fingerprint density at radius 3 is 2.53 bits per heavy atom. The van der Waals surface area contributed by atoms with Gasteiger partial charge in [0.25, 0.3) is 5.91 Å². The van der Waals surface area contributed by atoms with Gasteiger partial charge >= 0.3 is 6.18 Å². The van der Waals surface area contributed by atoms with Crippen LogP contribution >= 0.6 is 27.5 Å². The number of benzene rings is 1. The molecule has 4 rings (SSSR count). The minimum atomic E-state index is -4.70. The fourth-order valence-corrected chi connectivity index (χ4v) is 3.73. The molecular formula is C20H15BrClF3N6O. The number of aryl methyl sites for hydroxylation is 2. The number of fused-ring (bicyclic) bond motifs is 1. The van der Waals surface area contributed by atoms with Gasteiger partial charge < -0.3 is 5.32 Å². The van der Waals surface area contributed by atoms with E-state index in [4.69, 9.17) is 11.6 Å². The van der Waals surface area contributed by atoms with E-state index in [1.165, 1.54) is 6.92 Å². The van der Waals surface area contributed by atoms with Crippen molar-refractivity contribution in [2.24, 2.45) is 0 Å². The van der Waals surface area contributed by atoms with E-state index in [-0.39, 0.29) is 22.2 Å². The van der Waals surface area contributed by atoms with Crippen molar-refractivity contribution < 1.29 is 18.0 Å². The molecule has 4 aromatic rings. The molecule has 0 atom stereocenters. The molecule has 1 aromatic carbocycles. The number of amides is 1. The van der Waals surface area contributed by atoms with Crippen molar-refractivity contribution in [3.05, 3.63) is 74.2 Å². The Bertz CT molecular complexity index is 1330. The zero-order valence-corrected chi connectivity index (χ0v) is 19.0. The van der Waals surface area contributed by atoms with Gasteiger partial charge in [-0.2, -0.15) is 23.4 Å². The van der Waals surface area contributed by atoms with Gasteiger partial charge in [0.2, 0.25) is 0 Å². The summed E-state index contributed by atoms with van der Waals surface area (Å²) in [6.45, 7) is 3.85. The number of alkyl halides is 3. The fourth-order valence-electron chi connectivity index (χ4n) is 3.07. The average Bonchev–Trinajstić information content (AvgIpc) is 3.22. The largest absolute Gasteiger partial charge is 0.433 e. The van der Waals surface area contributed by atoms with Crippen LogP contribution in [0.15, 0.2) is 41.0 Å². The zero-order valence-electron chi connectivity index (χ0n) is 16.7. The number of hydrogen-bond donors (Lipinski definition) is 1. The van der Waals surface area contributed by atoms with Crippen molar-refractivity contribution >= 4 is 44.9 Å². The van der Waals surface area contributed by atoms with Gasteiger partial charge in [0, 0.05) is 11.9 Å². The standard InChI is InChI=1S/C20H15BrClF3N6O/c1-10-3-5-12(6-4-10)8-30-9-13(21)17(29-30)27-19(32)16-15(22)18-26-11(2)7-14(20(23,24)25)31(18)28-16/h3-7,9H,8H2,1-2H3,(H,27,29,32). The first-order valence-corrected chi connectivity index (χ1v) is 10.4. The fraction of sp³-hybridized carbons (Fsp3) is 0.200. The number of nitrogens with one attached hydrogen (secondary N) is 1. The summed E-state index contributed by atoms with van der Waals surface area (Å²) in [6, 6.07) is 8.72. The molecule has 12 heteroatoms. The topological polar surface area (TPSA) is 77.1 Å². The first-order chi connectivity index (χ1) is 15.0. The Labute approximate surface area is 193 Å². The van der Waals surface area contributed by atoms with Gasteiger partial charge in [-0.3, -0.25) is 9.48 Å². The summed E-state index contributed by atoms with van der Waals surface area (Å²) >= 11 is 9.49. The third-order valence-corrected chi connectivity index (χ3v) is 5.51. The molecule has 0 saturated heterocycles. The van der Waals surface area contributed by atoms with Crippen LogP contribution in [-0.4, -0.2) is 30.3 Å². The summed E-state index contributed by atoms with van der Waals surface area (Å²) in [6.07, 6.45) is -3.03. The minimum Gasteiger partial charge on any atom is -0.303 e. The zero-order chi connectivity index (χ0) is 23.2. The van der Waals surface area contributed by atoms with Gasteiger partial charge in [0.1, 0.15) is 10.7 Å². The number of rotatable bonds is 4. The molecule has 0 aliphatic carbocycles. The van der Waals surface area contributed by atoms with E-state index in [1.54, 1.807) is 10.9 Å². The number of carbonyl (C=O) groups excluding carboxylic acids is 1. The van der Waals surface area contributed by atoms with E-state index < -0.39 is 23.5 Å². The Balaban J connectivity index is 1.62. The van der Waals surface area contributed by atoms with Crippen LogP contribution in [0.4, 0.5) is 19.0 Å². The van der Waals surface area contributed by atoms with Crippen LogP contribution in [0.1, 0.15) is 33.0 Å². The van der Waals surface area contributed by atoms with Gasteiger partial charge in [-0.1, -0.05) is 41.4 Å². The third kappa shape index (κ3) is 4.35. The van der Waals surface area contributed by atoms with E-state index in [0.717, 1.165) is 17.2 Å². The molecule has 0 aliphatic heterocycles. The summed E-state index contributed by atoms with van der Waals surface area (Å²) in [5, 5.41) is 10.3. The van der Waals surface area contributed by atoms with Gasteiger partial charge in [-0.15, -0.1) is 0 Å². The van der Waals surface area contributed by atoms with Gasteiger partial charge in [-0.05, 0) is 41.4 Å². The lowest BCUT2D eigenvalue weighted by molar-refractivity contribution is -0.142. The van der Waals surface area contributed by atoms with E-state index in [9.17, 15) is 18.0 Å². The molecule has 0 aliphatic rings. The van der Waals surface area contributed by atoms with Gasteiger partial charge in [-0.25, -0.2) is 9.50 Å². The normalized spacial score (nSPS) is 11.8. The summed E-state index contributed by atoms with van der Waals surface area (Å²) in [5.74, 6) is -0.636. The molecular weight excluding hydrogens is 513 g/mol. The van der Waals surface area contributed by atoms with Crippen LogP contribution in [0, 0.1) is 13.8 Å². The molecule has 0 bridgehead atoms. The Kier molecular flexibility index (Phi) is 5.72. The predicted molar refractivity (Wildman–Crippen MR) is 116 cm³/mol. The minimum absolute atomic E-state index is 0.0937. The van der Waals surface area contributed by atoms with Crippen LogP contribution < -0.4 is 5.32 Å². The van der Waals surface area contributed by atoms with Crippen molar-refractivity contribution in [3.8, 4) is 0 Å². The van der Waals surface area contributed by atoms with E-state index in [2.05, 4.69) is 36.4 Å². The van der Waals surface area contributed by atoms with Crippen molar-refractivity contribution in [3.63, 3.8) is 0 Å². The number of nitrogens with zero attached hydrogens (tertiary/aromatic N) is 5. The maximum atomic E-state index is 13.4. The second-order valence-corrected chi connectivity index (χ2v) is 8.37. The number of anilines is 1. The molecule has 0 saturated carbocycles. The molecule has 3 heterocycles. The monoisotopic (exact) mass is 526 g/mol. The van der Waals surface area contributed by atoms with E-state index in [1.807, 2.05) is 31.2 Å². The van der Waals surface area contributed by atoms with Crippen LogP contribution in [0.5, 0.6) is 0 Å². The highest BCUT2D eigenvalue weighted by atomic mass is 79.9. The smallest absolute Gasteiger partial charge is 0.303 e.